The fraction of sp³-hybridized carbons (Fsp3) is 0.182. The summed E-state index contributed by atoms with van der Waals surface area (Å²) in [7, 11) is 0. The van der Waals surface area contributed by atoms with E-state index < -0.39 is 0 Å². The molecule has 84 valence electrons. The van der Waals surface area contributed by atoms with Crippen molar-refractivity contribution in [1.29, 1.82) is 0 Å². The van der Waals surface area contributed by atoms with Crippen molar-refractivity contribution in [3.05, 3.63) is 45.1 Å². The number of benzene rings is 1. The van der Waals surface area contributed by atoms with Crippen LogP contribution in [0.1, 0.15) is 11.3 Å². The van der Waals surface area contributed by atoms with Crippen LogP contribution in [0.15, 0.2) is 28.9 Å². The molecule has 0 saturated carbocycles. The van der Waals surface area contributed by atoms with E-state index in [9.17, 15) is 0 Å². The van der Waals surface area contributed by atoms with Crippen molar-refractivity contribution in [3.8, 4) is 5.69 Å². The zero-order valence-electron chi connectivity index (χ0n) is 8.74. The SMILES string of the molecule is Cc1nn(-c2ccc(Br)cc2CN)cc1Cl. The highest BCUT2D eigenvalue weighted by atomic mass is 79.9. The summed E-state index contributed by atoms with van der Waals surface area (Å²) in [4.78, 5) is 0. The summed E-state index contributed by atoms with van der Waals surface area (Å²) in [6.07, 6.45) is 1.79. The highest BCUT2D eigenvalue weighted by Gasteiger charge is 2.08. The van der Waals surface area contributed by atoms with E-state index in [0.29, 0.717) is 11.6 Å². The van der Waals surface area contributed by atoms with Crippen molar-refractivity contribution in [2.45, 2.75) is 13.5 Å². The predicted molar refractivity (Wildman–Crippen MR) is 68.9 cm³/mol. The molecule has 0 aliphatic rings. The van der Waals surface area contributed by atoms with E-state index >= 15 is 0 Å². The first-order valence-electron chi connectivity index (χ1n) is 4.82. The summed E-state index contributed by atoms with van der Waals surface area (Å²) in [5.74, 6) is 0. The lowest BCUT2D eigenvalue weighted by Crippen LogP contribution is -2.05. The topological polar surface area (TPSA) is 43.8 Å². The molecule has 2 rings (SSSR count). The third-order valence-electron chi connectivity index (χ3n) is 2.35. The van der Waals surface area contributed by atoms with Gasteiger partial charge >= 0.3 is 0 Å². The van der Waals surface area contributed by atoms with Gasteiger partial charge in [0.05, 0.1) is 16.4 Å². The number of aryl methyl sites for hydroxylation is 1. The second-order valence-corrected chi connectivity index (χ2v) is 4.81. The third kappa shape index (κ3) is 2.14. The molecule has 1 aromatic carbocycles. The van der Waals surface area contributed by atoms with Crippen LogP contribution < -0.4 is 5.73 Å². The maximum absolute atomic E-state index is 5.98. The molecule has 0 atom stereocenters. The quantitative estimate of drug-likeness (QED) is 0.926. The van der Waals surface area contributed by atoms with Gasteiger partial charge in [0.25, 0.3) is 0 Å². The van der Waals surface area contributed by atoms with E-state index in [4.69, 9.17) is 17.3 Å². The fourth-order valence-electron chi connectivity index (χ4n) is 1.50. The number of nitrogens with two attached hydrogens (primary N) is 1. The molecule has 0 bridgehead atoms. The zero-order valence-corrected chi connectivity index (χ0v) is 11.1. The van der Waals surface area contributed by atoms with Gasteiger partial charge in [0.2, 0.25) is 0 Å². The van der Waals surface area contributed by atoms with E-state index in [1.807, 2.05) is 25.1 Å². The molecule has 16 heavy (non-hydrogen) atoms. The van der Waals surface area contributed by atoms with E-state index in [2.05, 4.69) is 21.0 Å². The lowest BCUT2D eigenvalue weighted by atomic mass is 10.2. The van der Waals surface area contributed by atoms with E-state index in [-0.39, 0.29) is 0 Å². The number of hydrogen-bond acceptors (Lipinski definition) is 2. The largest absolute Gasteiger partial charge is 0.326 e. The molecule has 1 heterocycles. The Bertz CT molecular complexity index is 502. The number of halogens is 2. The monoisotopic (exact) mass is 299 g/mol. The standard InChI is InChI=1S/C11H11BrClN3/c1-7-10(13)6-16(15-7)11-3-2-9(12)4-8(11)5-14/h2-4,6H,5,14H2,1H3. The number of nitrogens with zero attached hydrogens (tertiary/aromatic N) is 2. The predicted octanol–water partition coefficient (Wildman–Crippen LogP) is 3.06. The Balaban J connectivity index is 2.55. The minimum atomic E-state index is 0.464. The Morgan fingerprint density at radius 1 is 1.50 bits per heavy atom. The van der Waals surface area contributed by atoms with Crippen LogP contribution in [0, 0.1) is 6.92 Å². The number of hydrogen-bond donors (Lipinski definition) is 1. The minimum Gasteiger partial charge on any atom is -0.326 e. The molecule has 0 amide bonds. The van der Waals surface area contributed by atoms with E-state index in [0.717, 1.165) is 21.4 Å². The Morgan fingerprint density at radius 3 is 2.81 bits per heavy atom. The molecule has 0 spiro atoms. The molecule has 0 radical (unpaired) electrons. The van der Waals surface area contributed by atoms with Crippen LogP contribution in [0.4, 0.5) is 0 Å². The van der Waals surface area contributed by atoms with Crippen molar-refractivity contribution >= 4 is 27.5 Å². The van der Waals surface area contributed by atoms with Gasteiger partial charge in [-0.1, -0.05) is 27.5 Å². The van der Waals surface area contributed by atoms with Gasteiger partial charge in [-0.05, 0) is 30.7 Å². The molecule has 0 fully saturated rings. The highest BCUT2D eigenvalue weighted by Crippen LogP contribution is 2.22. The fourth-order valence-corrected chi connectivity index (χ4v) is 2.04. The molecule has 2 aromatic rings. The van der Waals surface area contributed by atoms with Crippen LogP contribution in [0.3, 0.4) is 0 Å². The van der Waals surface area contributed by atoms with Gasteiger partial charge in [-0.25, -0.2) is 4.68 Å². The van der Waals surface area contributed by atoms with Crippen molar-refractivity contribution in [1.82, 2.24) is 9.78 Å². The molecule has 0 unspecified atom stereocenters. The first kappa shape index (κ1) is 11.6. The van der Waals surface area contributed by atoms with Gasteiger partial charge in [0.1, 0.15) is 0 Å². The second kappa shape index (κ2) is 4.57. The first-order valence-corrected chi connectivity index (χ1v) is 5.99. The normalized spacial score (nSPS) is 10.8. The molecular weight excluding hydrogens is 289 g/mol. The lowest BCUT2D eigenvalue weighted by molar-refractivity contribution is 0.843. The summed E-state index contributed by atoms with van der Waals surface area (Å²) in [5, 5.41) is 4.99. The average molecular weight is 301 g/mol. The van der Waals surface area contributed by atoms with Gasteiger partial charge in [-0.3, -0.25) is 0 Å². The van der Waals surface area contributed by atoms with Gasteiger partial charge in [-0.15, -0.1) is 0 Å². The van der Waals surface area contributed by atoms with Crippen molar-refractivity contribution in [2.24, 2.45) is 5.73 Å². The maximum atomic E-state index is 5.98. The molecule has 3 nitrogen and oxygen atoms in total. The third-order valence-corrected chi connectivity index (χ3v) is 3.21. The van der Waals surface area contributed by atoms with Gasteiger partial charge in [0.15, 0.2) is 0 Å². The summed E-state index contributed by atoms with van der Waals surface area (Å²) in [6.45, 7) is 2.34. The Morgan fingerprint density at radius 2 is 2.25 bits per heavy atom. The molecule has 0 aliphatic heterocycles. The molecule has 5 heteroatoms. The molecule has 0 aliphatic carbocycles. The van der Waals surface area contributed by atoms with E-state index in [1.165, 1.54) is 0 Å². The molecular formula is C11H11BrClN3. The summed E-state index contributed by atoms with van der Waals surface area (Å²) >= 11 is 9.40. The highest BCUT2D eigenvalue weighted by molar-refractivity contribution is 9.10. The molecule has 0 saturated heterocycles. The molecule has 1 aromatic heterocycles. The Labute approximate surface area is 107 Å². The zero-order chi connectivity index (χ0) is 11.7. The van der Waals surface area contributed by atoms with Crippen LogP contribution in [-0.4, -0.2) is 9.78 Å². The first-order chi connectivity index (χ1) is 7.61. The van der Waals surface area contributed by atoms with Crippen molar-refractivity contribution in [3.63, 3.8) is 0 Å². The summed E-state index contributed by atoms with van der Waals surface area (Å²) < 4.78 is 2.76. The second-order valence-electron chi connectivity index (χ2n) is 3.48. The smallest absolute Gasteiger partial charge is 0.0819 e. The summed E-state index contributed by atoms with van der Waals surface area (Å²) in [5.41, 5.74) is 8.50. The average Bonchev–Trinajstić information content (AvgIpc) is 2.59. The summed E-state index contributed by atoms with van der Waals surface area (Å²) in [6, 6.07) is 5.91. The minimum absolute atomic E-state index is 0.464. The van der Waals surface area contributed by atoms with Gasteiger partial charge < -0.3 is 5.73 Å². The number of rotatable bonds is 2. The van der Waals surface area contributed by atoms with Crippen molar-refractivity contribution in [2.75, 3.05) is 0 Å². The van der Waals surface area contributed by atoms with E-state index in [1.54, 1.807) is 10.9 Å². The van der Waals surface area contributed by atoms with Gasteiger partial charge in [0, 0.05) is 17.2 Å². The van der Waals surface area contributed by atoms with Crippen molar-refractivity contribution < 1.29 is 0 Å². The van der Waals surface area contributed by atoms with Crippen LogP contribution in [-0.2, 0) is 6.54 Å². The molecule has 2 N–H and O–H groups in total. The maximum Gasteiger partial charge on any atom is 0.0819 e. The Kier molecular flexibility index (Phi) is 3.33. The van der Waals surface area contributed by atoms with Crippen LogP contribution in [0.2, 0.25) is 5.02 Å². The Hall–Kier alpha value is -0.840. The lowest BCUT2D eigenvalue weighted by Gasteiger charge is -2.08. The van der Waals surface area contributed by atoms with Crippen LogP contribution in [0.5, 0.6) is 0 Å². The van der Waals surface area contributed by atoms with Gasteiger partial charge in [-0.2, -0.15) is 5.10 Å². The number of aromatic nitrogens is 2. The van der Waals surface area contributed by atoms with Crippen LogP contribution >= 0.6 is 27.5 Å². The van der Waals surface area contributed by atoms with Crippen LogP contribution in [0.25, 0.3) is 5.69 Å².